The van der Waals surface area contributed by atoms with Gasteiger partial charge in [0.15, 0.2) is 0 Å². The molecule has 0 amide bonds. The summed E-state index contributed by atoms with van der Waals surface area (Å²) in [5, 5.41) is 0. The third-order valence-electron chi connectivity index (χ3n) is 4.36. The topological polar surface area (TPSA) is 3.24 Å². The lowest BCUT2D eigenvalue weighted by atomic mass is 9.81. The summed E-state index contributed by atoms with van der Waals surface area (Å²) in [5.74, 6) is 1.78. The highest BCUT2D eigenvalue weighted by molar-refractivity contribution is 7.97. The van der Waals surface area contributed by atoms with E-state index in [1.807, 2.05) is 11.9 Å². The third kappa shape index (κ3) is 4.82. The van der Waals surface area contributed by atoms with Gasteiger partial charge in [0.25, 0.3) is 0 Å². The van der Waals surface area contributed by atoms with E-state index in [1.165, 1.54) is 17.5 Å². The summed E-state index contributed by atoms with van der Waals surface area (Å²) in [6.45, 7) is 15.9. The predicted octanol–water partition coefficient (Wildman–Crippen LogP) is 5.47. The molecule has 1 aromatic carbocycles. The van der Waals surface area contributed by atoms with E-state index in [4.69, 9.17) is 0 Å². The van der Waals surface area contributed by atoms with Crippen LogP contribution in [-0.2, 0) is 5.41 Å². The molecule has 0 saturated heterocycles. The highest BCUT2D eigenvalue weighted by Gasteiger charge is 2.18. The van der Waals surface area contributed by atoms with E-state index in [-0.39, 0.29) is 5.41 Å². The van der Waals surface area contributed by atoms with E-state index < -0.39 is 0 Å². The number of nitrogens with zero attached hydrogens (tertiary/aromatic N) is 1. The van der Waals surface area contributed by atoms with Crippen molar-refractivity contribution in [1.29, 1.82) is 0 Å². The van der Waals surface area contributed by atoms with Gasteiger partial charge in [-0.05, 0) is 28.9 Å². The minimum absolute atomic E-state index is 0.289. The zero-order valence-corrected chi connectivity index (χ0v) is 14.9. The summed E-state index contributed by atoms with van der Waals surface area (Å²) < 4.78 is 2.42. The van der Waals surface area contributed by atoms with Gasteiger partial charge < -0.3 is 0 Å². The molecular weight excluding hydrogens is 262 g/mol. The van der Waals surface area contributed by atoms with Crippen LogP contribution in [-0.4, -0.2) is 23.1 Å². The van der Waals surface area contributed by atoms with Crippen molar-refractivity contribution in [2.24, 2.45) is 0 Å². The molecule has 1 nitrogen and oxygen atoms in total. The fourth-order valence-electron chi connectivity index (χ4n) is 2.19. The molecule has 1 aromatic rings. The second-order valence-corrected chi connectivity index (χ2v) is 7.28. The zero-order chi connectivity index (χ0) is 15.2. The molecule has 20 heavy (non-hydrogen) atoms. The first-order valence-electron chi connectivity index (χ1n) is 7.92. The lowest BCUT2D eigenvalue weighted by molar-refractivity contribution is 0.506. The molecule has 1 unspecified atom stereocenters. The molecule has 0 bridgehead atoms. The van der Waals surface area contributed by atoms with Gasteiger partial charge in [-0.1, -0.05) is 77.8 Å². The van der Waals surface area contributed by atoms with Crippen molar-refractivity contribution in [3.05, 3.63) is 35.4 Å². The average Bonchev–Trinajstić information content (AvgIpc) is 2.48. The molecule has 0 fully saturated rings. The van der Waals surface area contributed by atoms with Gasteiger partial charge in [0.1, 0.15) is 0 Å². The first-order valence-corrected chi connectivity index (χ1v) is 8.87. The molecular formula is C18H31NS. The van der Waals surface area contributed by atoms with Gasteiger partial charge in [0.2, 0.25) is 0 Å². The van der Waals surface area contributed by atoms with E-state index in [1.54, 1.807) is 0 Å². The highest BCUT2D eigenvalue weighted by Crippen LogP contribution is 2.29. The first kappa shape index (κ1) is 17.6. The van der Waals surface area contributed by atoms with Crippen molar-refractivity contribution in [1.82, 2.24) is 4.31 Å². The fraction of sp³-hybridized carbons (Fsp3) is 0.667. The van der Waals surface area contributed by atoms with E-state index in [9.17, 15) is 0 Å². The van der Waals surface area contributed by atoms with Gasteiger partial charge in [0, 0.05) is 18.8 Å². The Balaban J connectivity index is 2.64. The Labute approximate surface area is 130 Å². The Morgan fingerprint density at radius 2 is 1.60 bits per heavy atom. The van der Waals surface area contributed by atoms with Crippen LogP contribution >= 0.6 is 11.9 Å². The van der Waals surface area contributed by atoms with Gasteiger partial charge in [0.05, 0.1) is 0 Å². The summed E-state index contributed by atoms with van der Waals surface area (Å²) in [4.78, 5) is 0. The Bertz CT molecular complexity index is 379. The van der Waals surface area contributed by atoms with Crippen molar-refractivity contribution >= 4 is 11.9 Å². The largest absolute Gasteiger partial charge is 0.251 e. The normalized spacial score (nSPS) is 13.8. The molecule has 0 aromatic heterocycles. The van der Waals surface area contributed by atoms with E-state index in [2.05, 4.69) is 70.1 Å². The maximum atomic E-state index is 2.42. The zero-order valence-electron chi connectivity index (χ0n) is 14.1. The van der Waals surface area contributed by atoms with Crippen LogP contribution in [0.1, 0.15) is 65.0 Å². The van der Waals surface area contributed by atoms with Crippen molar-refractivity contribution in [3.63, 3.8) is 0 Å². The maximum Gasteiger partial charge on any atom is 0.0147 e. The standard InChI is InChI=1S/C18H31NS/c1-7-18(5,6)17-12-10-16(11-13-17)15(4)14-20-19(8-2)9-3/h10-13,15H,7-9,14H2,1-6H3. The summed E-state index contributed by atoms with van der Waals surface area (Å²) in [5.41, 5.74) is 3.20. The molecule has 1 atom stereocenters. The second kappa shape index (κ2) is 8.09. The molecule has 0 saturated carbocycles. The summed E-state index contributed by atoms with van der Waals surface area (Å²) in [7, 11) is 0. The van der Waals surface area contributed by atoms with E-state index >= 15 is 0 Å². The molecule has 0 aliphatic carbocycles. The van der Waals surface area contributed by atoms with Crippen molar-refractivity contribution < 1.29 is 0 Å². The monoisotopic (exact) mass is 293 g/mol. The Morgan fingerprint density at radius 1 is 1.05 bits per heavy atom. The van der Waals surface area contributed by atoms with Crippen LogP contribution in [0.15, 0.2) is 24.3 Å². The SMILES string of the molecule is CCN(CC)SCC(C)c1ccc(C(C)(C)CC)cc1. The number of rotatable bonds is 8. The molecule has 2 heteroatoms. The quantitative estimate of drug-likeness (QED) is 0.585. The molecule has 0 aliphatic heterocycles. The van der Waals surface area contributed by atoms with Crippen LogP contribution in [0.3, 0.4) is 0 Å². The first-order chi connectivity index (χ1) is 9.44. The van der Waals surface area contributed by atoms with E-state index in [0.717, 1.165) is 18.8 Å². The van der Waals surface area contributed by atoms with Crippen molar-refractivity contribution in [2.45, 2.75) is 59.3 Å². The maximum absolute atomic E-state index is 2.42. The third-order valence-corrected chi connectivity index (χ3v) is 5.89. The highest BCUT2D eigenvalue weighted by atomic mass is 32.2. The Morgan fingerprint density at radius 3 is 2.05 bits per heavy atom. The number of hydrogen-bond donors (Lipinski definition) is 0. The predicted molar refractivity (Wildman–Crippen MR) is 93.6 cm³/mol. The van der Waals surface area contributed by atoms with Gasteiger partial charge in [-0.2, -0.15) is 0 Å². The molecule has 0 heterocycles. The van der Waals surface area contributed by atoms with Crippen LogP contribution in [0.2, 0.25) is 0 Å². The molecule has 0 spiro atoms. The second-order valence-electron chi connectivity index (χ2n) is 6.17. The average molecular weight is 294 g/mol. The Kier molecular flexibility index (Phi) is 7.11. The summed E-state index contributed by atoms with van der Waals surface area (Å²) in [6, 6.07) is 9.27. The van der Waals surface area contributed by atoms with Crippen molar-refractivity contribution in [3.8, 4) is 0 Å². The van der Waals surface area contributed by atoms with Crippen LogP contribution < -0.4 is 0 Å². The van der Waals surface area contributed by atoms with Crippen LogP contribution in [0, 0.1) is 0 Å². The van der Waals surface area contributed by atoms with E-state index in [0.29, 0.717) is 5.92 Å². The lowest BCUT2D eigenvalue weighted by Gasteiger charge is -2.24. The minimum atomic E-state index is 0.289. The van der Waals surface area contributed by atoms with Crippen LogP contribution in [0.5, 0.6) is 0 Å². The molecule has 1 rings (SSSR count). The molecule has 114 valence electrons. The van der Waals surface area contributed by atoms with Crippen LogP contribution in [0.25, 0.3) is 0 Å². The molecule has 0 aliphatic rings. The molecule has 0 N–H and O–H groups in total. The van der Waals surface area contributed by atoms with Crippen LogP contribution in [0.4, 0.5) is 0 Å². The van der Waals surface area contributed by atoms with Gasteiger partial charge in [-0.3, -0.25) is 4.31 Å². The van der Waals surface area contributed by atoms with Gasteiger partial charge in [-0.15, -0.1) is 0 Å². The minimum Gasteiger partial charge on any atom is -0.251 e. The van der Waals surface area contributed by atoms with Gasteiger partial charge >= 0.3 is 0 Å². The fourth-order valence-corrected chi connectivity index (χ4v) is 3.18. The number of hydrogen-bond acceptors (Lipinski definition) is 2. The summed E-state index contributed by atoms with van der Waals surface area (Å²) in [6.07, 6.45) is 1.18. The number of benzene rings is 1. The lowest BCUT2D eigenvalue weighted by Crippen LogP contribution is -2.16. The molecule has 0 radical (unpaired) electrons. The van der Waals surface area contributed by atoms with Crippen molar-refractivity contribution in [2.75, 3.05) is 18.8 Å². The van der Waals surface area contributed by atoms with Gasteiger partial charge in [-0.25, -0.2) is 0 Å². The smallest absolute Gasteiger partial charge is 0.0147 e. The summed E-state index contributed by atoms with van der Waals surface area (Å²) >= 11 is 1.97. The Hall–Kier alpha value is -0.470.